The maximum absolute atomic E-state index is 9.78. The molecule has 6 N–H and O–H groups in total. The van der Waals surface area contributed by atoms with Crippen LogP contribution in [0.15, 0.2) is 0 Å². The van der Waals surface area contributed by atoms with Gasteiger partial charge in [0, 0.05) is 18.5 Å². The first kappa shape index (κ1) is 15.8. The van der Waals surface area contributed by atoms with Crippen LogP contribution in [-0.2, 0) is 0 Å². The molecule has 6 nitrogen and oxygen atoms in total. The Labute approximate surface area is 108 Å². The number of aliphatic hydroxyl groups excluding tert-OH is 4. The average Bonchev–Trinajstić information content (AvgIpc) is 3.11. The predicted molar refractivity (Wildman–Crippen MR) is 67.9 cm³/mol. The van der Waals surface area contributed by atoms with E-state index in [-0.39, 0.29) is 24.6 Å². The van der Waals surface area contributed by atoms with E-state index in [0.29, 0.717) is 6.54 Å². The highest BCUT2D eigenvalue weighted by Crippen LogP contribution is 2.44. The van der Waals surface area contributed by atoms with E-state index in [9.17, 15) is 20.4 Å². The molecule has 1 aliphatic carbocycles. The van der Waals surface area contributed by atoms with Crippen LogP contribution in [0.1, 0.15) is 20.3 Å². The van der Waals surface area contributed by atoms with Crippen LogP contribution in [0.25, 0.3) is 0 Å². The van der Waals surface area contributed by atoms with Gasteiger partial charge in [0.25, 0.3) is 0 Å². The SMILES string of the molecule is CC.NCCCN1C2C(O)C(O)C(O)C(CO)C21. The van der Waals surface area contributed by atoms with Gasteiger partial charge in [-0.1, -0.05) is 13.8 Å². The first-order valence-corrected chi connectivity index (χ1v) is 6.74. The van der Waals surface area contributed by atoms with Crippen LogP contribution in [0.4, 0.5) is 0 Å². The summed E-state index contributed by atoms with van der Waals surface area (Å²) < 4.78 is 0. The predicted octanol–water partition coefficient (Wildman–Crippen LogP) is -1.88. The second-order valence-corrected chi connectivity index (χ2v) is 4.68. The van der Waals surface area contributed by atoms with Crippen LogP contribution in [0.5, 0.6) is 0 Å². The van der Waals surface area contributed by atoms with Crippen LogP contribution >= 0.6 is 0 Å². The van der Waals surface area contributed by atoms with E-state index in [0.717, 1.165) is 13.0 Å². The second-order valence-electron chi connectivity index (χ2n) is 4.68. The monoisotopic (exact) mass is 262 g/mol. The molecule has 1 saturated heterocycles. The molecule has 1 aliphatic heterocycles. The zero-order valence-electron chi connectivity index (χ0n) is 11.1. The fraction of sp³-hybridized carbons (Fsp3) is 1.00. The molecule has 7 atom stereocenters. The Kier molecular flexibility index (Phi) is 5.97. The van der Waals surface area contributed by atoms with E-state index < -0.39 is 18.3 Å². The molecule has 1 heterocycles. The zero-order valence-corrected chi connectivity index (χ0v) is 11.1. The van der Waals surface area contributed by atoms with E-state index in [2.05, 4.69) is 0 Å². The maximum Gasteiger partial charge on any atom is 0.108 e. The average molecular weight is 262 g/mol. The Balaban J connectivity index is 0.000000771. The molecule has 6 heteroatoms. The number of nitrogens with two attached hydrogens (primary N) is 1. The van der Waals surface area contributed by atoms with Gasteiger partial charge in [-0.25, -0.2) is 0 Å². The summed E-state index contributed by atoms with van der Waals surface area (Å²) in [6.45, 7) is 5.13. The number of rotatable bonds is 4. The smallest absolute Gasteiger partial charge is 0.108 e. The number of aliphatic hydroxyl groups is 4. The Morgan fingerprint density at radius 1 is 1.00 bits per heavy atom. The molecular weight excluding hydrogens is 236 g/mol. The van der Waals surface area contributed by atoms with Gasteiger partial charge < -0.3 is 26.2 Å². The van der Waals surface area contributed by atoms with Gasteiger partial charge in [0.2, 0.25) is 0 Å². The summed E-state index contributed by atoms with van der Waals surface area (Å²) in [5.74, 6) is -0.374. The van der Waals surface area contributed by atoms with Crippen molar-refractivity contribution in [3.05, 3.63) is 0 Å². The lowest BCUT2D eigenvalue weighted by Crippen LogP contribution is -2.52. The van der Waals surface area contributed by atoms with Crippen molar-refractivity contribution in [2.45, 2.75) is 50.7 Å². The lowest BCUT2D eigenvalue weighted by molar-refractivity contribution is -0.105. The van der Waals surface area contributed by atoms with Crippen LogP contribution in [0, 0.1) is 5.92 Å². The van der Waals surface area contributed by atoms with E-state index in [4.69, 9.17) is 5.73 Å². The van der Waals surface area contributed by atoms with Crippen molar-refractivity contribution in [2.24, 2.45) is 11.7 Å². The van der Waals surface area contributed by atoms with Crippen molar-refractivity contribution in [1.82, 2.24) is 4.90 Å². The molecule has 18 heavy (non-hydrogen) atoms. The zero-order chi connectivity index (χ0) is 13.9. The lowest BCUT2D eigenvalue weighted by Gasteiger charge is -2.32. The number of hydrogen-bond acceptors (Lipinski definition) is 6. The van der Waals surface area contributed by atoms with Crippen LogP contribution in [0.3, 0.4) is 0 Å². The minimum absolute atomic E-state index is 0.0232. The van der Waals surface area contributed by atoms with Gasteiger partial charge in [0.1, 0.15) is 6.10 Å². The number of nitrogens with zero attached hydrogens (tertiary/aromatic N) is 1. The van der Waals surface area contributed by atoms with Crippen LogP contribution in [-0.4, -0.2) is 75.4 Å². The molecule has 0 aromatic rings. The van der Waals surface area contributed by atoms with E-state index in [1.165, 1.54) is 0 Å². The summed E-state index contributed by atoms with van der Waals surface area (Å²) in [7, 11) is 0. The van der Waals surface area contributed by atoms with E-state index >= 15 is 0 Å². The molecule has 0 aromatic carbocycles. The number of hydrogen-bond donors (Lipinski definition) is 5. The molecule has 7 unspecified atom stereocenters. The van der Waals surface area contributed by atoms with Crippen molar-refractivity contribution in [1.29, 1.82) is 0 Å². The molecule has 0 bridgehead atoms. The van der Waals surface area contributed by atoms with Gasteiger partial charge >= 0.3 is 0 Å². The van der Waals surface area contributed by atoms with Gasteiger partial charge in [-0.3, -0.25) is 4.90 Å². The van der Waals surface area contributed by atoms with Crippen molar-refractivity contribution >= 4 is 0 Å². The summed E-state index contributed by atoms with van der Waals surface area (Å²) in [6, 6.07) is -0.160. The molecule has 0 amide bonds. The van der Waals surface area contributed by atoms with Crippen molar-refractivity contribution in [3.8, 4) is 0 Å². The number of likely N-dealkylation sites (tertiary alicyclic amines) is 1. The maximum atomic E-state index is 9.78. The highest BCUT2D eigenvalue weighted by Gasteiger charge is 2.63. The molecule has 2 rings (SSSR count). The first-order chi connectivity index (χ1) is 8.63. The third kappa shape index (κ3) is 2.68. The van der Waals surface area contributed by atoms with Crippen LogP contribution < -0.4 is 5.73 Å². The Hall–Kier alpha value is -0.240. The molecule has 0 spiro atoms. The molecule has 108 valence electrons. The lowest BCUT2D eigenvalue weighted by atomic mass is 9.83. The van der Waals surface area contributed by atoms with Crippen molar-refractivity contribution < 1.29 is 20.4 Å². The van der Waals surface area contributed by atoms with E-state index in [1.807, 2.05) is 18.7 Å². The third-order valence-electron chi connectivity index (χ3n) is 3.78. The van der Waals surface area contributed by atoms with Gasteiger partial charge in [-0.2, -0.15) is 0 Å². The van der Waals surface area contributed by atoms with Gasteiger partial charge in [0.15, 0.2) is 0 Å². The first-order valence-electron chi connectivity index (χ1n) is 6.74. The second kappa shape index (κ2) is 6.79. The molecule has 0 aromatic heterocycles. The van der Waals surface area contributed by atoms with Crippen LogP contribution in [0.2, 0.25) is 0 Å². The molecule has 0 radical (unpaired) electrons. The molecule has 2 aliphatic rings. The quantitative estimate of drug-likeness (QED) is 0.379. The fourth-order valence-corrected chi connectivity index (χ4v) is 2.86. The molecular formula is C12H26N2O4. The minimum Gasteiger partial charge on any atom is -0.396 e. The standard InChI is InChI=1S/C10H20N2O4.C2H6/c11-2-1-3-12-6-5(4-13)8(14)10(16)9(15)7(6)12;1-2/h5-10,13-16H,1-4,11H2;1-2H3. The number of fused-ring (bicyclic) bond motifs is 1. The summed E-state index contributed by atoms with van der Waals surface area (Å²) >= 11 is 0. The Morgan fingerprint density at radius 2 is 1.61 bits per heavy atom. The Bertz CT molecular complexity index is 254. The summed E-state index contributed by atoms with van der Waals surface area (Å²) in [5, 5.41) is 38.3. The Morgan fingerprint density at radius 3 is 2.11 bits per heavy atom. The highest BCUT2D eigenvalue weighted by atomic mass is 16.4. The highest BCUT2D eigenvalue weighted by molar-refractivity contribution is 5.17. The van der Waals surface area contributed by atoms with Gasteiger partial charge in [-0.15, -0.1) is 0 Å². The largest absolute Gasteiger partial charge is 0.396 e. The topological polar surface area (TPSA) is 110 Å². The van der Waals surface area contributed by atoms with Crippen molar-refractivity contribution in [2.75, 3.05) is 19.7 Å². The molecule has 1 saturated carbocycles. The normalized spacial score (nSPS) is 45.8. The van der Waals surface area contributed by atoms with E-state index in [1.54, 1.807) is 0 Å². The summed E-state index contributed by atoms with van der Waals surface area (Å²) in [6.07, 6.45) is -2.34. The fourth-order valence-electron chi connectivity index (χ4n) is 2.86. The van der Waals surface area contributed by atoms with Crippen molar-refractivity contribution in [3.63, 3.8) is 0 Å². The van der Waals surface area contributed by atoms with Gasteiger partial charge in [0.05, 0.1) is 24.9 Å². The van der Waals surface area contributed by atoms with Gasteiger partial charge in [-0.05, 0) is 13.0 Å². The minimum atomic E-state index is -1.17. The summed E-state index contributed by atoms with van der Waals surface area (Å²) in [4.78, 5) is 2.00. The third-order valence-corrected chi connectivity index (χ3v) is 3.78. The summed E-state index contributed by atoms with van der Waals surface area (Å²) in [5.41, 5.74) is 5.41. The molecule has 2 fully saturated rings.